The number of nitrogens with one attached hydrogen (secondary N) is 3. The largest absolute Gasteiger partial charge is 0.347 e. The molecular weight excluding hydrogens is 232 g/mol. The zero-order valence-electron chi connectivity index (χ0n) is 9.69. The van der Waals surface area contributed by atoms with Crippen LogP contribution in [-0.2, 0) is 13.1 Å². The molecule has 0 atom stereocenters. The van der Waals surface area contributed by atoms with Crippen LogP contribution in [0.15, 0.2) is 35.3 Å². The molecule has 0 aliphatic carbocycles. The summed E-state index contributed by atoms with van der Waals surface area (Å²) in [7, 11) is 0. The summed E-state index contributed by atoms with van der Waals surface area (Å²) in [5.74, 6) is -0.323. The van der Waals surface area contributed by atoms with Crippen LogP contribution in [0.1, 0.15) is 21.6 Å². The molecule has 1 aromatic heterocycles. The minimum absolute atomic E-state index is 0.221. The van der Waals surface area contributed by atoms with Crippen molar-refractivity contribution < 1.29 is 4.79 Å². The molecule has 0 unspecified atom stereocenters. The first-order chi connectivity index (χ1) is 8.69. The predicted molar refractivity (Wildman–Crippen MR) is 66.9 cm³/mol. The summed E-state index contributed by atoms with van der Waals surface area (Å²) >= 11 is 0. The minimum atomic E-state index is -0.396. The highest BCUT2D eigenvalue weighted by Gasteiger charge is 2.06. The molecule has 0 aliphatic heterocycles. The van der Waals surface area contributed by atoms with Crippen molar-refractivity contribution in [3.8, 4) is 0 Å². The molecule has 0 radical (unpaired) electrons. The van der Waals surface area contributed by atoms with Crippen LogP contribution in [0.5, 0.6) is 0 Å². The number of amides is 1. The van der Waals surface area contributed by atoms with Crippen LogP contribution in [0.3, 0.4) is 0 Å². The molecule has 0 spiro atoms. The van der Waals surface area contributed by atoms with E-state index < -0.39 is 5.69 Å². The van der Waals surface area contributed by atoms with E-state index in [0.717, 1.165) is 11.1 Å². The number of H-pyrrole nitrogens is 2. The molecule has 2 rings (SSSR count). The van der Waals surface area contributed by atoms with Crippen molar-refractivity contribution in [2.45, 2.75) is 13.1 Å². The summed E-state index contributed by atoms with van der Waals surface area (Å²) < 4.78 is 0. The summed E-state index contributed by atoms with van der Waals surface area (Å²) in [5, 5.41) is 2.71. The summed E-state index contributed by atoms with van der Waals surface area (Å²) in [6.07, 6.45) is 1.34. The van der Waals surface area contributed by atoms with Gasteiger partial charge in [0, 0.05) is 19.3 Å². The fraction of sp³-hybridized carbons (Fsp3) is 0.167. The SMILES string of the molecule is NCc1ccc(CNC(=O)c2c[nH]c(=O)[nH]2)cc1. The average molecular weight is 246 g/mol. The topological polar surface area (TPSA) is 104 Å². The molecule has 0 bridgehead atoms. The Morgan fingerprint density at radius 1 is 1.22 bits per heavy atom. The molecule has 1 aromatic carbocycles. The number of carbonyl (C=O) groups is 1. The number of carbonyl (C=O) groups excluding carboxylic acids is 1. The maximum absolute atomic E-state index is 11.6. The number of rotatable bonds is 4. The van der Waals surface area contributed by atoms with E-state index in [1.54, 1.807) is 0 Å². The molecule has 0 aliphatic rings. The standard InChI is InChI=1S/C12H14N4O2/c13-5-8-1-3-9(4-2-8)6-14-11(17)10-7-15-12(18)16-10/h1-4,7H,5-6,13H2,(H,14,17)(H2,15,16,18). The molecule has 2 aromatic rings. The van der Waals surface area contributed by atoms with E-state index in [0.29, 0.717) is 13.1 Å². The third-order valence-electron chi connectivity index (χ3n) is 2.55. The Bertz CT molecular complexity index is 583. The smallest absolute Gasteiger partial charge is 0.323 e. The molecule has 5 N–H and O–H groups in total. The van der Waals surface area contributed by atoms with Crippen molar-refractivity contribution in [2.24, 2.45) is 5.73 Å². The molecule has 94 valence electrons. The van der Waals surface area contributed by atoms with E-state index in [1.807, 2.05) is 24.3 Å². The number of hydrogen-bond acceptors (Lipinski definition) is 3. The van der Waals surface area contributed by atoms with Crippen LogP contribution in [0, 0.1) is 0 Å². The van der Waals surface area contributed by atoms with Crippen molar-refractivity contribution in [1.82, 2.24) is 15.3 Å². The molecule has 1 amide bonds. The normalized spacial score (nSPS) is 10.3. The summed E-state index contributed by atoms with van der Waals surface area (Å²) in [6, 6.07) is 7.64. The van der Waals surface area contributed by atoms with Gasteiger partial charge in [-0.25, -0.2) is 4.79 Å². The van der Waals surface area contributed by atoms with Crippen LogP contribution in [0.2, 0.25) is 0 Å². The van der Waals surface area contributed by atoms with Gasteiger partial charge in [0.2, 0.25) is 0 Å². The van der Waals surface area contributed by atoms with E-state index in [4.69, 9.17) is 5.73 Å². The number of aromatic nitrogens is 2. The van der Waals surface area contributed by atoms with E-state index in [2.05, 4.69) is 15.3 Å². The van der Waals surface area contributed by atoms with Crippen LogP contribution in [0.4, 0.5) is 0 Å². The number of aromatic amines is 2. The molecule has 0 saturated heterocycles. The van der Waals surface area contributed by atoms with Gasteiger partial charge < -0.3 is 21.0 Å². The number of benzene rings is 1. The van der Waals surface area contributed by atoms with E-state index in [1.165, 1.54) is 6.20 Å². The monoisotopic (exact) mass is 246 g/mol. The molecule has 18 heavy (non-hydrogen) atoms. The van der Waals surface area contributed by atoms with Gasteiger partial charge >= 0.3 is 5.69 Å². The van der Waals surface area contributed by atoms with Gasteiger partial charge in [0.05, 0.1) is 0 Å². The van der Waals surface area contributed by atoms with Crippen molar-refractivity contribution >= 4 is 5.91 Å². The van der Waals surface area contributed by atoms with Crippen LogP contribution in [0.25, 0.3) is 0 Å². The molecule has 6 heteroatoms. The summed E-state index contributed by atoms with van der Waals surface area (Å²) in [6.45, 7) is 0.897. The van der Waals surface area contributed by atoms with Crippen molar-refractivity contribution in [3.05, 3.63) is 57.8 Å². The van der Waals surface area contributed by atoms with Gasteiger partial charge in [-0.3, -0.25) is 4.79 Å². The van der Waals surface area contributed by atoms with Gasteiger partial charge in [0.25, 0.3) is 5.91 Å². The second kappa shape index (κ2) is 5.33. The Morgan fingerprint density at radius 2 is 1.89 bits per heavy atom. The Labute approximate surface area is 103 Å². The van der Waals surface area contributed by atoms with E-state index in [9.17, 15) is 9.59 Å². The van der Waals surface area contributed by atoms with Crippen LogP contribution >= 0.6 is 0 Å². The van der Waals surface area contributed by atoms with Gasteiger partial charge in [-0.05, 0) is 11.1 Å². The van der Waals surface area contributed by atoms with Gasteiger partial charge in [-0.15, -0.1) is 0 Å². The maximum Gasteiger partial charge on any atom is 0.323 e. The number of nitrogens with two attached hydrogens (primary N) is 1. The lowest BCUT2D eigenvalue weighted by atomic mass is 10.1. The highest BCUT2D eigenvalue weighted by atomic mass is 16.2. The second-order valence-corrected chi connectivity index (χ2v) is 3.86. The number of imidazole rings is 1. The van der Waals surface area contributed by atoms with Gasteiger partial charge in [0.1, 0.15) is 5.69 Å². The zero-order chi connectivity index (χ0) is 13.0. The first-order valence-electron chi connectivity index (χ1n) is 5.53. The lowest BCUT2D eigenvalue weighted by Crippen LogP contribution is -2.23. The predicted octanol–water partition coefficient (Wildman–Crippen LogP) is 0.0917. The lowest BCUT2D eigenvalue weighted by Gasteiger charge is -2.04. The van der Waals surface area contributed by atoms with Crippen molar-refractivity contribution in [2.75, 3.05) is 0 Å². The highest BCUT2D eigenvalue weighted by Crippen LogP contribution is 2.03. The van der Waals surface area contributed by atoms with E-state index in [-0.39, 0.29) is 11.6 Å². The van der Waals surface area contributed by atoms with Gasteiger partial charge in [-0.2, -0.15) is 0 Å². The number of hydrogen-bond donors (Lipinski definition) is 4. The molecule has 0 fully saturated rings. The first-order valence-corrected chi connectivity index (χ1v) is 5.53. The average Bonchev–Trinajstić information content (AvgIpc) is 2.83. The highest BCUT2D eigenvalue weighted by molar-refractivity contribution is 5.91. The molecular formula is C12H14N4O2. The maximum atomic E-state index is 11.6. The molecule has 1 heterocycles. The van der Waals surface area contributed by atoms with Crippen LogP contribution in [-0.4, -0.2) is 15.9 Å². The van der Waals surface area contributed by atoms with Crippen molar-refractivity contribution in [3.63, 3.8) is 0 Å². The fourth-order valence-corrected chi connectivity index (χ4v) is 1.53. The Kier molecular flexibility index (Phi) is 3.59. The first kappa shape index (κ1) is 12.1. The molecule has 6 nitrogen and oxygen atoms in total. The Balaban J connectivity index is 1.94. The second-order valence-electron chi connectivity index (χ2n) is 3.86. The minimum Gasteiger partial charge on any atom is -0.347 e. The Morgan fingerprint density at radius 3 is 2.44 bits per heavy atom. The van der Waals surface area contributed by atoms with Gasteiger partial charge in [-0.1, -0.05) is 24.3 Å². The third-order valence-corrected chi connectivity index (χ3v) is 2.55. The van der Waals surface area contributed by atoms with Crippen molar-refractivity contribution in [1.29, 1.82) is 0 Å². The lowest BCUT2D eigenvalue weighted by molar-refractivity contribution is 0.0946. The van der Waals surface area contributed by atoms with Crippen LogP contribution < -0.4 is 16.7 Å². The Hall–Kier alpha value is -2.34. The fourth-order valence-electron chi connectivity index (χ4n) is 1.53. The zero-order valence-corrected chi connectivity index (χ0v) is 9.69. The van der Waals surface area contributed by atoms with E-state index >= 15 is 0 Å². The molecule has 0 saturated carbocycles. The summed E-state index contributed by atoms with van der Waals surface area (Å²) in [5.41, 5.74) is 7.33. The van der Waals surface area contributed by atoms with Gasteiger partial charge in [0.15, 0.2) is 0 Å². The third kappa shape index (κ3) is 2.86. The summed E-state index contributed by atoms with van der Waals surface area (Å²) in [4.78, 5) is 27.2. The quantitative estimate of drug-likeness (QED) is 0.614.